The number of pyridine rings is 1. The van der Waals surface area contributed by atoms with Crippen LogP contribution in [0.25, 0.3) is 0 Å². The van der Waals surface area contributed by atoms with Crippen molar-refractivity contribution in [3.05, 3.63) is 27.9 Å². The van der Waals surface area contributed by atoms with E-state index in [0.717, 1.165) is 6.20 Å². The summed E-state index contributed by atoms with van der Waals surface area (Å²) in [6.45, 7) is 0. The second kappa shape index (κ2) is 4.36. The van der Waals surface area contributed by atoms with Crippen LogP contribution in [0.15, 0.2) is 12.3 Å². The number of carbonyl (C=O) groups excluding carboxylic acids is 1. The Kier molecular flexibility index (Phi) is 3.17. The first kappa shape index (κ1) is 10.9. The zero-order chi connectivity index (χ0) is 11.4. The minimum absolute atomic E-state index is 0.0122. The zero-order valence-corrected chi connectivity index (χ0v) is 8.27. The lowest BCUT2D eigenvalue weighted by molar-refractivity contribution is -0.385. The van der Waals surface area contributed by atoms with Gasteiger partial charge in [-0.05, 0) is 0 Å². The normalized spacial score (nSPS) is 9.47. The van der Waals surface area contributed by atoms with E-state index in [4.69, 9.17) is 0 Å². The molecule has 0 saturated heterocycles. The molecule has 0 aromatic carbocycles. The van der Waals surface area contributed by atoms with Crippen molar-refractivity contribution in [2.45, 2.75) is 0 Å². The lowest BCUT2D eigenvalue weighted by Crippen LogP contribution is -2.19. The SMILES string of the molecule is CNC(=O)c1cc(NC)ncc1[N+](=O)[O-]. The first-order valence-electron chi connectivity index (χ1n) is 4.14. The molecule has 0 aliphatic heterocycles. The predicted octanol–water partition coefficient (Wildman–Crippen LogP) is 0.391. The van der Waals surface area contributed by atoms with Crippen molar-refractivity contribution in [2.24, 2.45) is 0 Å². The van der Waals surface area contributed by atoms with E-state index in [1.165, 1.54) is 13.1 Å². The number of hydrogen-bond donors (Lipinski definition) is 2. The minimum Gasteiger partial charge on any atom is -0.373 e. The molecule has 0 spiro atoms. The summed E-state index contributed by atoms with van der Waals surface area (Å²) in [5.41, 5.74) is -0.324. The molecule has 1 rings (SSSR count). The van der Waals surface area contributed by atoms with Crippen LogP contribution in [0, 0.1) is 10.1 Å². The monoisotopic (exact) mass is 210 g/mol. The van der Waals surface area contributed by atoms with Gasteiger partial charge in [0.1, 0.15) is 17.6 Å². The van der Waals surface area contributed by atoms with Gasteiger partial charge >= 0.3 is 0 Å². The molecule has 80 valence electrons. The van der Waals surface area contributed by atoms with E-state index in [1.807, 2.05) is 0 Å². The summed E-state index contributed by atoms with van der Waals surface area (Å²) in [7, 11) is 3.02. The molecule has 7 nitrogen and oxygen atoms in total. The molecule has 2 N–H and O–H groups in total. The minimum atomic E-state index is -0.642. The van der Waals surface area contributed by atoms with Gasteiger partial charge in [0.15, 0.2) is 0 Å². The highest BCUT2D eigenvalue weighted by Gasteiger charge is 2.20. The fourth-order valence-electron chi connectivity index (χ4n) is 1.05. The molecule has 0 aliphatic rings. The maximum absolute atomic E-state index is 11.3. The quantitative estimate of drug-likeness (QED) is 0.555. The third-order valence-electron chi connectivity index (χ3n) is 1.81. The van der Waals surface area contributed by atoms with E-state index >= 15 is 0 Å². The van der Waals surface area contributed by atoms with Crippen LogP contribution >= 0.6 is 0 Å². The molecule has 0 atom stereocenters. The lowest BCUT2D eigenvalue weighted by atomic mass is 10.2. The van der Waals surface area contributed by atoms with Gasteiger partial charge in [-0.25, -0.2) is 4.98 Å². The number of amides is 1. The highest BCUT2D eigenvalue weighted by atomic mass is 16.6. The molecule has 0 radical (unpaired) electrons. The lowest BCUT2D eigenvalue weighted by Gasteiger charge is -2.03. The number of aromatic nitrogens is 1. The summed E-state index contributed by atoms with van der Waals surface area (Å²) in [5, 5.41) is 15.6. The van der Waals surface area contributed by atoms with E-state index < -0.39 is 10.8 Å². The molecule has 0 aliphatic carbocycles. The molecule has 0 fully saturated rings. The van der Waals surface area contributed by atoms with Crippen LogP contribution in [0.5, 0.6) is 0 Å². The van der Waals surface area contributed by atoms with Crippen molar-refractivity contribution in [1.82, 2.24) is 10.3 Å². The van der Waals surface area contributed by atoms with Gasteiger partial charge in [0.05, 0.1) is 4.92 Å². The summed E-state index contributed by atoms with van der Waals surface area (Å²) in [6.07, 6.45) is 1.05. The zero-order valence-electron chi connectivity index (χ0n) is 8.27. The third kappa shape index (κ3) is 2.19. The van der Waals surface area contributed by atoms with Gasteiger partial charge in [-0.2, -0.15) is 0 Å². The fraction of sp³-hybridized carbons (Fsp3) is 0.250. The third-order valence-corrected chi connectivity index (χ3v) is 1.81. The number of nitrogens with zero attached hydrogens (tertiary/aromatic N) is 2. The average Bonchev–Trinajstić information content (AvgIpc) is 2.26. The van der Waals surface area contributed by atoms with Gasteiger partial charge in [-0.1, -0.05) is 0 Å². The van der Waals surface area contributed by atoms with Crippen LogP contribution in [-0.2, 0) is 0 Å². The van der Waals surface area contributed by atoms with Crippen molar-refractivity contribution in [1.29, 1.82) is 0 Å². The van der Waals surface area contributed by atoms with E-state index in [1.54, 1.807) is 7.05 Å². The van der Waals surface area contributed by atoms with Gasteiger partial charge in [-0.15, -0.1) is 0 Å². The molecular weight excluding hydrogens is 200 g/mol. The molecule has 7 heteroatoms. The van der Waals surface area contributed by atoms with Crippen molar-refractivity contribution in [3.8, 4) is 0 Å². The summed E-state index contributed by atoms with van der Waals surface area (Å²) in [6, 6.07) is 1.33. The van der Waals surface area contributed by atoms with E-state index in [9.17, 15) is 14.9 Å². The number of hydrogen-bond acceptors (Lipinski definition) is 5. The van der Waals surface area contributed by atoms with Crippen molar-refractivity contribution >= 4 is 17.4 Å². The predicted molar refractivity (Wildman–Crippen MR) is 53.8 cm³/mol. The van der Waals surface area contributed by atoms with Crippen molar-refractivity contribution in [2.75, 3.05) is 19.4 Å². The maximum Gasteiger partial charge on any atom is 0.300 e. The highest BCUT2D eigenvalue weighted by Crippen LogP contribution is 2.19. The number of rotatable bonds is 3. The second-order valence-corrected chi connectivity index (χ2v) is 2.67. The van der Waals surface area contributed by atoms with Crippen LogP contribution in [0.4, 0.5) is 11.5 Å². The first-order chi connectivity index (χ1) is 7.10. The average molecular weight is 210 g/mol. The Morgan fingerprint density at radius 1 is 1.53 bits per heavy atom. The van der Waals surface area contributed by atoms with E-state index in [0.29, 0.717) is 5.82 Å². The number of nitrogens with one attached hydrogen (secondary N) is 2. The summed E-state index contributed by atoms with van der Waals surface area (Å²) < 4.78 is 0. The number of nitro groups is 1. The molecular formula is C8H10N4O3. The standard InChI is InChI=1S/C8H10N4O3/c1-9-7-3-5(8(13)10-2)6(4-11-7)12(14)15/h3-4H,1-2H3,(H,9,11)(H,10,13). The summed E-state index contributed by atoms with van der Waals surface area (Å²) in [4.78, 5) is 25.1. The largest absolute Gasteiger partial charge is 0.373 e. The van der Waals surface area contributed by atoms with Gasteiger partial charge in [-0.3, -0.25) is 14.9 Å². The fourth-order valence-corrected chi connectivity index (χ4v) is 1.05. The molecule has 1 amide bonds. The smallest absolute Gasteiger partial charge is 0.300 e. The van der Waals surface area contributed by atoms with Crippen molar-refractivity contribution < 1.29 is 9.72 Å². The molecule has 15 heavy (non-hydrogen) atoms. The Labute approximate surface area is 85.7 Å². The summed E-state index contributed by atoms with van der Waals surface area (Å²) in [5.74, 6) is -0.111. The van der Waals surface area contributed by atoms with Gasteiger partial charge in [0, 0.05) is 20.2 Å². The molecule has 1 aromatic rings. The molecule has 1 heterocycles. The van der Waals surface area contributed by atoms with Gasteiger partial charge in [0.2, 0.25) is 0 Å². The van der Waals surface area contributed by atoms with Crippen LogP contribution < -0.4 is 10.6 Å². The Balaban J connectivity index is 3.28. The molecule has 0 saturated carbocycles. The Morgan fingerprint density at radius 3 is 2.67 bits per heavy atom. The van der Waals surface area contributed by atoms with E-state index in [2.05, 4.69) is 15.6 Å². The van der Waals surface area contributed by atoms with Crippen molar-refractivity contribution in [3.63, 3.8) is 0 Å². The Hall–Kier alpha value is -2.18. The van der Waals surface area contributed by atoms with Crippen LogP contribution in [0.2, 0.25) is 0 Å². The second-order valence-electron chi connectivity index (χ2n) is 2.67. The topological polar surface area (TPSA) is 97.2 Å². The van der Waals surface area contributed by atoms with E-state index in [-0.39, 0.29) is 11.3 Å². The van der Waals surface area contributed by atoms with Crippen LogP contribution in [0.3, 0.4) is 0 Å². The molecule has 0 bridgehead atoms. The summed E-state index contributed by atoms with van der Waals surface area (Å²) >= 11 is 0. The van der Waals surface area contributed by atoms with Crippen LogP contribution in [0.1, 0.15) is 10.4 Å². The van der Waals surface area contributed by atoms with Gasteiger partial charge in [0.25, 0.3) is 11.6 Å². The number of anilines is 1. The Bertz CT molecular complexity index is 405. The van der Waals surface area contributed by atoms with Gasteiger partial charge < -0.3 is 10.6 Å². The molecule has 1 aromatic heterocycles. The maximum atomic E-state index is 11.3. The number of carbonyl (C=O) groups is 1. The Morgan fingerprint density at radius 2 is 2.20 bits per heavy atom. The highest BCUT2D eigenvalue weighted by molar-refractivity contribution is 5.98. The molecule has 0 unspecified atom stereocenters. The first-order valence-corrected chi connectivity index (χ1v) is 4.14. The van der Waals surface area contributed by atoms with Crippen LogP contribution in [-0.4, -0.2) is 29.9 Å².